The molecule has 0 aromatic heterocycles. The lowest BCUT2D eigenvalue weighted by atomic mass is 9.94. The number of aliphatic hydroxyl groups excluding tert-OH is 30. The first-order chi connectivity index (χ1) is 55.4. The van der Waals surface area contributed by atoms with Crippen LogP contribution in [0.1, 0.15) is 13.8 Å². The van der Waals surface area contributed by atoms with Gasteiger partial charge in [-0.05, 0) is 0 Å². The van der Waals surface area contributed by atoms with Gasteiger partial charge in [-0.25, -0.2) is 0 Å². The van der Waals surface area contributed by atoms with E-state index < -0.39 is 385 Å². The van der Waals surface area contributed by atoms with Crippen LogP contribution in [0.3, 0.4) is 0 Å². The zero-order valence-electron chi connectivity index (χ0n) is 61.9. The molecule has 10 aliphatic heterocycles. The number of carbonyl (C=O) groups is 2. The van der Waals surface area contributed by atoms with Crippen molar-refractivity contribution in [3.8, 4) is 0 Å². The SMILES string of the molecule is CC(=O)N[C@H]1[C@H](O[C@H]2[C@H](O[C@H]3O[C@H](CO)[C@@H](O)[C@H](O)[C@@H]3O[C@H]3O[C@H](CO)[C@@H](O)[C@H](O)[C@@H]3O)[C@H](O)[C@@H](OC[C@H]3O[C@@H](O[C@H]4[C@H](O)[C@@H](NC(C)=O)C(O)O[C@@H]4CO)[C@@H](O)[C@@H](O[C@H]4O[C@H](CO)[C@@H](O)[C@H](O)[C@@H]4O[C@H]4O[C@H](CO)[C@@H](O)[C@H](O)[C@@H]4O)[C@@H]3O)O[C@@H]2CO[C@H]2O[C@H](CO)[C@@H](O)[C@H](O)[C@@H]2O[C@H]2O[C@H](CO)[C@@H](O)[C@H](O)[C@@H]2O)O[C@H](CO)[C@@H](O)[C@@H]1O. The third-order valence-corrected chi connectivity index (χ3v) is 21.7. The van der Waals surface area contributed by atoms with E-state index in [1.165, 1.54) is 0 Å². The van der Waals surface area contributed by atoms with Crippen molar-refractivity contribution in [2.75, 3.05) is 66.1 Å². The summed E-state index contributed by atoms with van der Waals surface area (Å²) < 4.78 is 113. The van der Waals surface area contributed by atoms with Crippen molar-refractivity contribution >= 4 is 11.8 Å². The third-order valence-electron chi connectivity index (χ3n) is 21.7. The average Bonchev–Trinajstić information content (AvgIpc) is 0.761. The molecule has 0 bridgehead atoms. The van der Waals surface area contributed by atoms with E-state index in [0.717, 1.165) is 13.8 Å². The van der Waals surface area contributed by atoms with Gasteiger partial charge in [0, 0.05) is 13.8 Å². The summed E-state index contributed by atoms with van der Waals surface area (Å²) in [7, 11) is 0. The van der Waals surface area contributed by atoms with Crippen LogP contribution >= 0.6 is 0 Å². The Morgan fingerprint density at radius 3 is 0.915 bits per heavy atom. The quantitative estimate of drug-likeness (QED) is 0.0318. The predicted octanol–water partition coefficient (Wildman–Crippen LogP) is -22.5. The van der Waals surface area contributed by atoms with Crippen molar-refractivity contribution in [2.45, 2.75) is 321 Å². The van der Waals surface area contributed by atoms with Gasteiger partial charge in [0.25, 0.3) is 0 Å². The number of nitrogens with one attached hydrogen (secondary N) is 2. The highest BCUT2D eigenvalue weighted by molar-refractivity contribution is 5.73. The van der Waals surface area contributed by atoms with Gasteiger partial charge in [-0.3, -0.25) is 9.59 Å². The summed E-state index contributed by atoms with van der Waals surface area (Å²) in [5.41, 5.74) is 0. The normalized spacial score (nSPS) is 51.5. The molecule has 10 aliphatic rings. The Kier molecular flexibility index (Phi) is 34.4. The largest absolute Gasteiger partial charge is 0.394 e. The molecule has 0 aromatic carbocycles. The molecule has 53 heteroatoms. The van der Waals surface area contributed by atoms with Crippen LogP contribution < -0.4 is 10.6 Å². The molecule has 0 spiro atoms. The number of hydrogen-bond donors (Lipinski definition) is 32. The van der Waals surface area contributed by atoms with Gasteiger partial charge in [0.2, 0.25) is 11.8 Å². The molecule has 0 saturated carbocycles. The lowest BCUT2D eigenvalue weighted by molar-refractivity contribution is -0.407. The first kappa shape index (κ1) is 96.2. The Morgan fingerprint density at radius 1 is 0.222 bits per heavy atom. The number of rotatable bonds is 30. The van der Waals surface area contributed by atoms with Crippen LogP contribution in [0.15, 0.2) is 0 Å². The van der Waals surface area contributed by atoms with Gasteiger partial charge in [0.05, 0.1) is 66.1 Å². The van der Waals surface area contributed by atoms with Crippen LogP contribution in [0.5, 0.6) is 0 Å². The zero-order valence-corrected chi connectivity index (χ0v) is 61.9. The Balaban J connectivity index is 1.08. The second-order valence-corrected chi connectivity index (χ2v) is 29.5. The van der Waals surface area contributed by atoms with Gasteiger partial charge in [0.15, 0.2) is 62.9 Å². The van der Waals surface area contributed by atoms with Gasteiger partial charge >= 0.3 is 0 Å². The second kappa shape index (κ2) is 41.9. The first-order valence-electron chi connectivity index (χ1n) is 37.2. The average molecular weight is 1720 g/mol. The molecule has 10 heterocycles. The lowest BCUT2D eigenvalue weighted by Crippen LogP contribution is -2.70. The minimum absolute atomic E-state index is 0.886. The molecule has 1 unspecified atom stereocenters. The van der Waals surface area contributed by atoms with E-state index in [1.807, 2.05) is 0 Å². The molecule has 53 nitrogen and oxygen atoms in total. The van der Waals surface area contributed by atoms with Crippen LogP contribution in [0, 0.1) is 0 Å². The summed E-state index contributed by atoms with van der Waals surface area (Å²) in [5, 5.41) is 338. The van der Waals surface area contributed by atoms with Crippen molar-refractivity contribution in [1.29, 1.82) is 0 Å². The van der Waals surface area contributed by atoms with Crippen molar-refractivity contribution < 1.29 is 253 Å². The van der Waals surface area contributed by atoms with Crippen LogP contribution in [0.4, 0.5) is 0 Å². The van der Waals surface area contributed by atoms with Crippen molar-refractivity contribution in [3.63, 3.8) is 0 Å². The molecular weight excluding hydrogens is 1610 g/mol. The smallest absolute Gasteiger partial charge is 0.217 e. The highest BCUT2D eigenvalue weighted by Gasteiger charge is 2.62. The molecule has 32 N–H and O–H groups in total. The minimum atomic E-state index is -2.71. The fraction of sp³-hybridized carbons (Fsp3) is 0.969. The highest BCUT2D eigenvalue weighted by Crippen LogP contribution is 2.41. The van der Waals surface area contributed by atoms with E-state index in [9.17, 15) is 163 Å². The van der Waals surface area contributed by atoms with E-state index in [1.54, 1.807) is 0 Å². The van der Waals surface area contributed by atoms with Gasteiger partial charge in [0.1, 0.15) is 244 Å². The van der Waals surface area contributed by atoms with Gasteiger partial charge in [-0.1, -0.05) is 0 Å². The van der Waals surface area contributed by atoms with Crippen molar-refractivity contribution in [3.05, 3.63) is 0 Å². The number of amides is 2. The standard InChI is InChI=1S/C64H108N2O51/c1-13(75)65-25-36(86)48(22(10-74)101-55(25)98)111-61-46(96)50(113-63-53(41(91)32(82)20(8-72)107-63)116-59-44(94)38(88)29(79)17(5-69)104-59)34(84)23(109-61)11-99-57-47(97)51(114-64-54(42(92)33(83)21(9-73)108-64)117-60-45(95)39(89)30(80)18(6-70)105-60)49(112-56-26(66-14(2)76)35(85)27(77)15(3-67)102-56)24(110-57)12-100-62-52(40(90)31(81)19(7-71)106-62)115-58-43(93)37(87)28(78)16(4-68)103-58/h15-64,67-74,77-98H,3-12H2,1-2H3,(H,65,75)(H,66,76)/t15-,16-,17-,18-,19-,20-,21-,22-,23-,24-,25-,26-,27-,28-,29-,30-,31-,32-,33-,34-,35-,36-,37+,38+,39+,40+,41+,42+,43+,44+,45+,46+,47+,48-,49-,50+,51-,52+,53+,54+,55?,56+,57+,58-,59-,60-,61+,62+,63-,64-/m1/s1. The van der Waals surface area contributed by atoms with Crippen molar-refractivity contribution in [1.82, 2.24) is 10.6 Å². The molecule has 680 valence electrons. The highest BCUT2D eigenvalue weighted by atomic mass is 16.8. The number of aliphatic hydroxyl groups is 30. The Labute approximate surface area is 660 Å². The van der Waals surface area contributed by atoms with E-state index >= 15 is 0 Å². The number of carbonyl (C=O) groups excluding carboxylic acids is 2. The maximum absolute atomic E-state index is 13.1. The number of ether oxygens (including phenoxy) is 19. The minimum Gasteiger partial charge on any atom is -0.394 e. The first-order valence-corrected chi connectivity index (χ1v) is 37.2. The molecule has 117 heavy (non-hydrogen) atoms. The van der Waals surface area contributed by atoms with E-state index in [0.29, 0.717) is 0 Å². The summed E-state index contributed by atoms with van der Waals surface area (Å²) in [5.74, 6) is -1.87. The second-order valence-electron chi connectivity index (χ2n) is 29.5. The fourth-order valence-corrected chi connectivity index (χ4v) is 15.0. The Hall–Kier alpha value is -3.02. The summed E-state index contributed by atoms with van der Waals surface area (Å²) in [6.07, 6.45) is -106. The van der Waals surface area contributed by atoms with E-state index in [-0.39, 0.29) is 0 Å². The summed E-state index contributed by atoms with van der Waals surface area (Å²) in [6, 6.07) is -3.81. The maximum atomic E-state index is 13.1. The Morgan fingerprint density at radius 2 is 0.504 bits per heavy atom. The molecule has 0 aliphatic carbocycles. The summed E-state index contributed by atoms with van der Waals surface area (Å²) >= 11 is 0. The fourth-order valence-electron chi connectivity index (χ4n) is 15.0. The van der Waals surface area contributed by atoms with E-state index in [4.69, 9.17) is 90.0 Å². The van der Waals surface area contributed by atoms with Gasteiger partial charge < -0.3 is 254 Å². The zero-order chi connectivity index (χ0) is 85.9. The number of hydrogen-bond acceptors (Lipinski definition) is 51. The van der Waals surface area contributed by atoms with Gasteiger partial charge in [-0.2, -0.15) is 0 Å². The monoisotopic (exact) mass is 1720 g/mol. The van der Waals surface area contributed by atoms with Crippen LogP contribution in [0.25, 0.3) is 0 Å². The molecule has 10 rings (SSSR count). The Bertz CT molecular complexity index is 3050. The van der Waals surface area contributed by atoms with Crippen LogP contribution in [0.2, 0.25) is 0 Å². The molecule has 0 radical (unpaired) electrons. The summed E-state index contributed by atoms with van der Waals surface area (Å²) in [4.78, 5) is 25.4. The lowest BCUT2D eigenvalue weighted by Gasteiger charge is -2.51. The van der Waals surface area contributed by atoms with Crippen LogP contribution in [-0.2, 0) is 99.6 Å². The molecule has 10 saturated heterocycles. The molecular formula is C64H108N2O51. The third kappa shape index (κ3) is 20.7. The predicted molar refractivity (Wildman–Crippen MR) is 353 cm³/mol. The topological polar surface area (TPSA) is 840 Å². The van der Waals surface area contributed by atoms with Crippen LogP contribution in [-0.4, -0.2) is 538 Å². The maximum Gasteiger partial charge on any atom is 0.217 e. The molecule has 50 atom stereocenters. The molecule has 2 amide bonds. The van der Waals surface area contributed by atoms with Gasteiger partial charge in [-0.15, -0.1) is 0 Å². The molecule has 10 fully saturated rings. The summed E-state index contributed by atoms with van der Waals surface area (Å²) in [6.45, 7) is -9.81. The van der Waals surface area contributed by atoms with E-state index in [2.05, 4.69) is 10.6 Å². The molecule has 0 aromatic rings. The van der Waals surface area contributed by atoms with Crippen molar-refractivity contribution in [2.24, 2.45) is 0 Å².